The van der Waals surface area contributed by atoms with Crippen LogP contribution in [0, 0.1) is 6.92 Å². The zero-order valence-corrected chi connectivity index (χ0v) is 11.3. The summed E-state index contributed by atoms with van der Waals surface area (Å²) in [5, 5.41) is 13.9. The van der Waals surface area contributed by atoms with Gasteiger partial charge in [0.15, 0.2) is 0 Å². The molecule has 0 unspecified atom stereocenters. The Morgan fingerprint density at radius 3 is 2.89 bits per heavy atom. The number of hydrogen-bond donors (Lipinski definition) is 2. The molecule has 0 aliphatic heterocycles. The second kappa shape index (κ2) is 5.55. The molecule has 19 heavy (non-hydrogen) atoms. The summed E-state index contributed by atoms with van der Waals surface area (Å²) in [5.41, 5.74) is 0.863. The third-order valence-electron chi connectivity index (χ3n) is 2.64. The summed E-state index contributed by atoms with van der Waals surface area (Å²) in [4.78, 5) is 11.8. The van der Waals surface area contributed by atoms with E-state index in [1.54, 1.807) is 22.6 Å². The number of urea groups is 1. The average Bonchev–Trinajstić information content (AvgIpc) is 2.89. The normalized spacial score (nSPS) is 12.2. The van der Waals surface area contributed by atoms with Crippen LogP contribution in [0.15, 0.2) is 24.5 Å². The van der Waals surface area contributed by atoms with Crippen LogP contribution in [0.5, 0.6) is 0 Å². The number of hydrogen-bond acceptors (Lipinski definition) is 3. The van der Waals surface area contributed by atoms with E-state index < -0.39 is 0 Å². The van der Waals surface area contributed by atoms with Gasteiger partial charge >= 0.3 is 6.03 Å². The third-order valence-corrected chi connectivity index (χ3v) is 2.64. The molecule has 0 fully saturated rings. The molecule has 0 aromatic carbocycles. The minimum absolute atomic E-state index is 0.0192. The molecule has 2 heterocycles. The number of carbonyl (C=O) groups excluding carboxylic acids is 1. The van der Waals surface area contributed by atoms with Crippen molar-refractivity contribution in [1.82, 2.24) is 24.9 Å². The van der Waals surface area contributed by atoms with Crippen molar-refractivity contribution in [3.63, 3.8) is 0 Å². The maximum Gasteiger partial charge on any atom is 0.320 e. The average molecular weight is 262 g/mol. The molecular formula is C12H18N6O. The van der Waals surface area contributed by atoms with E-state index in [0.29, 0.717) is 12.4 Å². The zero-order chi connectivity index (χ0) is 13.8. The lowest BCUT2D eigenvalue weighted by Gasteiger charge is -2.14. The van der Waals surface area contributed by atoms with E-state index in [1.807, 2.05) is 32.2 Å². The number of nitrogens with one attached hydrogen (secondary N) is 2. The van der Waals surface area contributed by atoms with E-state index in [4.69, 9.17) is 0 Å². The molecular weight excluding hydrogens is 244 g/mol. The highest BCUT2D eigenvalue weighted by Crippen LogP contribution is 2.07. The van der Waals surface area contributed by atoms with Crippen LogP contribution in [-0.4, -0.2) is 31.6 Å². The highest BCUT2D eigenvalue weighted by atomic mass is 16.2. The maximum absolute atomic E-state index is 11.8. The fraction of sp³-hybridized carbons (Fsp3) is 0.417. The highest BCUT2D eigenvalue weighted by Gasteiger charge is 2.10. The minimum atomic E-state index is -0.248. The van der Waals surface area contributed by atoms with E-state index in [2.05, 4.69) is 20.8 Å². The van der Waals surface area contributed by atoms with Crippen LogP contribution < -0.4 is 10.6 Å². The van der Waals surface area contributed by atoms with Gasteiger partial charge in [-0.2, -0.15) is 10.2 Å². The minimum Gasteiger partial charge on any atom is -0.334 e. The first-order valence-electron chi connectivity index (χ1n) is 6.10. The van der Waals surface area contributed by atoms with Gasteiger partial charge in [-0.3, -0.25) is 14.7 Å². The Bertz CT molecular complexity index is 545. The molecule has 0 saturated heterocycles. The van der Waals surface area contributed by atoms with Crippen molar-refractivity contribution >= 4 is 11.8 Å². The molecule has 2 aromatic rings. The standard InChI is InChI=1S/C12H18N6O/c1-9-7-11(17(3)16-9)15-12(19)14-10(2)8-18-6-4-5-13-18/h4-7,10H,8H2,1-3H3,(H2,14,15,19)/t10-/m0/s1. The van der Waals surface area contributed by atoms with Crippen LogP contribution in [0.1, 0.15) is 12.6 Å². The third kappa shape index (κ3) is 3.57. The summed E-state index contributed by atoms with van der Waals surface area (Å²) in [6, 6.07) is 3.40. The molecule has 0 spiro atoms. The fourth-order valence-electron chi connectivity index (χ4n) is 1.84. The van der Waals surface area contributed by atoms with Crippen LogP contribution in [-0.2, 0) is 13.6 Å². The number of nitrogens with zero attached hydrogens (tertiary/aromatic N) is 4. The lowest BCUT2D eigenvalue weighted by Crippen LogP contribution is -2.39. The van der Waals surface area contributed by atoms with Gasteiger partial charge in [-0.1, -0.05) is 0 Å². The largest absolute Gasteiger partial charge is 0.334 e. The summed E-state index contributed by atoms with van der Waals surface area (Å²) in [5.74, 6) is 0.668. The van der Waals surface area contributed by atoms with Gasteiger partial charge in [0, 0.05) is 31.5 Å². The number of carbonyl (C=O) groups is 1. The lowest BCUT2D eigenvalue weighted by atomic mass is 10.3. The second-order valence-corrected chi connectivity index (χ2v) is 4.52. The number of rotatable bonds is 4. The van der Waals surface area contributed by atoms with Crippen molar-refractivity contribution in [3.05, 3.63) is 30.2 Å². The van der Waals surface area contributed by atoms with Crippen molar-refractivity contribution in [2.24, 2.45) is 7.05 Å². The number of amides is 2. The van der Waals surface area contributed by atoms with Gasteiger partial charge in [0.25, 0.3) is 0 Å². The van der Waals surface area contributed by atoms with Gasteiger partial charge in [-0.15, -0.1) is 0 Å². The van der Waals surface area contributed by atoms with Crippen LogP contribution in [0.25, 0.3) is 0 Å². The van der Waals surface area contributed by atoms with Crippen molar-refractivity contribution in [3.8, 4) is 0 Å². The Labute approximate surface area is 111 Å². The van der Waals surface area contributed by atoms with Crippen LogP contribution in [0.4, 0.5) is 10.6 Å². The van der Waals surface area contributed by atoms with E-state index in [-0.39, 0.29) is 12.1 Å². The van der Waals surface area contributed by atoms with E-state index >= 15 is 0 Å². The monoisotopic (exact) mass is 262 g/mol. The molecule has 2 N–H and O–H groups in total. The van der Waals surface area contributed by atoms with Gasteiger partial charge < -0.3 is 5.32 Å². The molecule has 0 aliphatic carbocycles. The van der Waals surface area contributed by atoms with Crippen LogP contribution >= 0.6 is 0 Å². The van der Waals surface area contributed by atoms with Gasteiger partial charge in [-0.05, 0) is 19.9 Å². The maximum atomic E-state index is 11.8. The molecule has 2 aromatic heterocycles. The summed E-state index contributed by atoms with van der Waals surface area (Å²) >= 11 is 0. The summed E-state index contributed by atoms with van der Waals surface area (Å²) < 4.78 is 3.41. The van der Waals surface area contributed by atoms with Gasteiger partial charge in [0.1, 0.15) is 5.82 Å². The molecule has 0 radical (unpaired) electrons. The Morgan fingerprint density at radius 2 is 2.32 bits per heavy atom. The summed E-state index contributed by atoms with van der Waals surface area (Å²) in [6.45, 7) is 4.43. The molecule has 7 nitrogen and oxygen atoms in total. The van der Waals surface area contributed by atoms with Gasteiger partial charge in [0.05, 0.1) is 12.2 Å². The first-order chi connectivity index (χ1) is 9.04. The molecule has 0 bridgehead atoms. The lowest BCUT2D eigenvalue weighted by molar-refractivity contribution is 0.247. The Kier molecular flexibility index (Phi) is 3.84. The predicted octanol–water partition coefficient (Wildman–Crippen LogP) is 1.14. The van der Waals surface area contributed by atoms with Crippen molar-refractivity contribution in [1.29, 1.82) is 0 Å². The molecule has 0 aliphatic rings. The Morgan fingerprint density at radius 1 is 1.53 bits per heavy atom. The van der Waals surface area contributed by atoms with Gasteiger partial charge in [-0.25, -0.2) is 4.79 Å². The van der Waals surface area contributed by atoms with E-state index in [1.165, 1.54) is 0 Å². The summed E-state index contributed by atoms with van der Waals surface area (Å²) in [6.07, 6.45) is 3.58. The molecule has 1 atom stereocenters. The second-order valence-electron chi connectivity index (χ2n) is 4.52. The Balaban J connectivity index is 1.85. The van der Waals surface area contributed by atoms with Crippen molar-refractivity contribution < 1.29 is 4.79 Å². The SMILES string of the molecule is Cc1cc(NC(=O)N[C@@H](C)Cn2cccn2)n(C)n1. The number of aryl methyl sites for hydroxylation is 2. The fourth-order valence-corrected chi connectivity index (χ4v) is 1.84. The molecule has 2 rings (SSSR count). The van der Waals surface area contributed by atoms with E-state index in [0.717, 1.165) is 5.69 Å². The highest BCUT2D eigenvalue weighted by molar-refractivity contribution is 5.88. The quantitative estimate of drug-likeness (QED) is 0.867. The van der Waals surface area contributed by atoms with Crippen molar-refractivity contribution in [2.45, 2.75) is 26.4 Å². The predicted molar refractivity (Wildman–Crippen MR) is 71.8 cm³/mol. The first kappa shape index (κ1) is 13.1. The number of anilines is 1. The summed E-state index contributed by atoms with van der Waals surface area (Å²) in [7, 11) is 1.79. The Hall–Kier alpha value is -2.31. The smallest absolute Gasteiger partial charge is 0.320 e. The van der Waals surface area contributed by atoms with E-state index in [9.17, 15) is 4.79 Å². The number of aromatic nitrogens is 4. The first-order valence-corrected chi connectivity index (χ1v) is 6.10. The molecule has 0 saturated carbocycles. The van der Waals surface area contributed by atoms with Gasteiger partial charge in [0.2, 0.25) is 0 Å². The van der Waals surface area contributed by atoms with Crippen molar-refractivity contribution in [2.75, 3.05) is 5.32 Å². The zero-order valence-electron chi connectivity index (χ0n) is 11.3. The molecule has 2 amide bonds. The van der Waals surface area contributed by atoms with Crippen LogP contribution in [0.2, 0.25) is 0 Å². The van der Waals surface area contributed by atoms with Crippen LogP contribution in [0.3, 0.4) is 0 Å². The molecule has 7 heteroatoms. The molecule has 102 valence electrons. The topological polar surface area (TPSA) is 76.8 Å².